The smallest absolute Gasteiger partial charge is 0.346 e. The van der Waals surface area contributed by atoms with Gasteiger partial charge in [0.15, 0.2) is 0 Å². The van der Waals surface area contributed by atoms with Crippen LogP contribution in [0.1, 0.15) is 29.7 Å². The van der Waals surface area contributed by atoms with Crippen molar-refractivity contribution in [3.05, 3.63) is 77.4 Å². The molecule has 23 heavy (non-hydrogen) atoms. The molecule has 120 valence electrons. The summed E-state index contributed by atoms with van der Waals surface area (Å²) in [5.41, 5.74) is 0.799. The second kappa shape index (κ2) is 7.13. The van der Waals surface area contributed by atoms with Crippen molar-refractivity contribution in [1.29, 1.82) is 0 Å². The first-order chi connectivity index (χ1) is 10.9. The number of hydrogen-bond acceptors (Lipinski definition) is 1. The Balaban J connectivity index is 1.97. The molecule has 0 aliphatic carbocycles. The third-order valence-electron chi connectivity index (χ3n) is 3.32. The van der Waals surface area contributed by atoms with E-state index < -0.39 is 11.7 Å². The van der Waals surface area contributed by atoms with E-state index in [4.69, 9.17) is 0 Å². The fraction of sp³-hybridized carbons (Fsp3) is 0.167. The van der Waals surface area contributed by atoms with E-state index in [1.165, 1.54) is 18.2 Å². The minimum absolute atomic E-state index is 0.304. The van der Waals surface area contributed by atoms with E-state index >= 15 is 0 Å². The average Bonchev–Trinajstić information content (AvgIpc) is 2.53. The monoisotopic (exact) mass is 319 g/mol. The Hall–Kier alpha value is -2.56. The van der Waals surface area contributed by atoms with Gasteiger partial charge in [-0.1, -0.05) is 42.5 Å². The molecule has 2 aromatic rings. The zero-order valence-corrected chi connectivity index (χ0v) is 12.5. The predicted molar refractivity (Wildman–Crippen MR) is 83.5 cm³/mol. The molecule has 5 heteroatoms. The fourth-order valence-corrected chi connectivity index (χ4v) is 2.04. The molecule has 1 N–H and O–H groups in total. The lowest BCUT2D eigenvalue weighted by Gasteiger charge is -2.14. The first kappa shape index (κ1) is 16.8. The molecule has 2 aromatic carbocycles. The topological polar surface area (TPSA) is 29.1 Å². The van der Waals surface area contributed by atoms with Crippen LogP contribution in [0.25, 0.3) is 6.08 Å². The van der Waals surface area contributed by atoms with Gasteiger partial charge < -0.3 is 5.32 Å². The summed E-state index contributed by atoms with van der Waals surface area (Å²) in [6, 6.07) is 13.7. The Kier molecular flexibility index (Phi) is 5.21. The number of benzene rings is 2. The largest absolute Gasteiger partial charge is 0.416 e. The highest BCUT2D eigenvalue weighted by Crippen LogP contribution is 2.29. The number of amides is 1. The molecular formula is C18H16F3NO. The van der Waals surface area contributed by atoms with Crippen molar-refractivity contribution in [2.75, 3.05) is 0 Å². The van der Waals surface area contributed by atoms with E-state index in [9.17, 15) is 18.0 Å². The van der Waals surface area contributed by atoms with E-state index in [1.807, 2.05) is 30.3 Å². The Bertz CT molecular complexity index is 676. The second-order valence-electron chi connectivity index (χ2n) is 5.09. The van der Waals surface area contributed by atoms with Gasteiger partial charge in [0.05, 0.1) is 11.6 Å². The lowest BCUT2D eigenvalue weighted by atomic mass is 10.1. The number of carbonyl (C=O) groups excluding carboxylic acids is 1. The van der Waals surface area contributed by atoms with Gasteiger partial charge in [0.1, 0.15) is 0 Å². The van der Waals surface area contributed by atoms with E-state index in [-0.39, 0.29) is 11.9 Å². The molecule has 0 heterocycles. The number of carbonyl (C=O) groups is 1. The number of hydrogen-bond donors (Lipinski definition) is 1. The van der Waals surface area contributed by atoms with Crippen LogP contribution in [-0.4, -0.2) is 5.91 Å². The Morgan fingerprint density at radius 3 is 2.22 bits per heavy atom. The lowest BCUT2D eigenvalue weighted by Crippen LogP contribution is -2.24. The van der Waals surface area contributed by atoms with E-state index in [1.54, 1.807) is 13.0 Å². The number of alkyl halides is 3. The zero-order chi connectivity index (χ0) is 16.9. The van der Waals surface area contributed by atoms with Gasteiger partial charge in [0, 0.05) is 6.08 Å². The van der Waals surface area contributed by atoms with Gasteiger partial charge in [0.25, 0.3) is 0 Å². The molecule has 0 saturated heterocycles. The van der Waals surface area contributed by atoms with Crippen molar-refractivity contribution in [1.82, 2.24) is 5.32 Å². The summed E-state index contributed by atoms with van der Waals surface area (Å²) in [6.45, 7) is 1.72. The Morgan fingerprint density at radius 1 is 1.04 bits per heavy atom. The molecule has 0 spiro atoms. The fourth-order valence-electron chi connectivity index (χ4n) is 2.04. The molecule has 1 amide bonds. The van der Waals surface area contributed by atoms with E-state index in [2.05, 4.69) is 5.32 Å². The molecule has 0 saturated carbocycles. The zero-order valence-electron chi connectivity index (χ0n) is 12.5. The standard InChI is InChI=1S/C18H16F3NO/c1-13(15-8-10-16(11-9-15)18(19,20)21)22-17(23)12-7-14-5-3-2-4-6-14/h2-13H,1H3,(H,22,23)/b12-7+. The Morgan fingerprint density at radius 2 is 1.65 bits per heavy atom. The van der Waals surface area contributed by atoms with Gasteiger partial charge >= 0.3 is 6.18 Å². The summed E-state index contributed by atoms with van der Waals surface area (Å²) in [7, 11) is 0. The molecule has 1 atom stereocenters. The maximum absolute atomic E-state index is 12.5. The summed E-state index contributed by atoms with van der Waals surface area (Å²) in [4.78, 5) is 11.8. The van der Waals surface area contributed by atoms with Crippen LogP contribution in [0.4, 0.5) is 13.2 Å². The minimum atomic E-state index is -4.36. The SMILES string of the molecule is CC(NC(=O)/C=C/c1ccccc1)c1ccc(C(F)(F)F)cc1. The van der Waals surface area contributed by atoms with Crippen LogP contribution < -0.4 is 5.32 Å². The van der Waals surface area contributed by atoms with Gasteiger partial charge in [-0.2, -0.15) is 13.2 Å². The predicted octanol–water partition coefficient (Wildman–Crippen LogP) is 4.60. The van der Waals surface area contributed by atoms with Crippen LogP contribution in [0.15, 0.2) is 60.7 Å². The highest BCUT2D eigenvalue weighted by Gasteiger charge is 2.30. The molecule has 2 nitrogen and oxygen atoms in total. The van der Waals surface area contributed by atoms with Crippen molar-refractivity contribution < 1.29 is 18.0 Å². The van der Waals surface area contributed by atoms with Crippen LogP contribution in [0.3, 0.4) is 0 Å². The molecule has 2 rings (SSSR count). The van der Waals surface area contributed by atoms with Crippen molar-refractivity contribution >= 4 is 12.0 Å². The summed E-state index contributed by atoms with van der Waals surface area (Å²) < 4.78 is 37.5. The minimum Gasteiger partial charge on any atom is -0.346 e. The van der Waals surface area contributed by atoms with Crippen LogP contribution in [0.2, 0.25) is 0 Å². The normalized spacial score (nSPS) is 13.0. The van der Waals surface area contributed by atoms with Crippen LogP contribution >= 0.6 is 0 Å². The van der Waals surface area contributed by atoms with Crippen LogP contribution in [0, 0.1) is 0 Å². The number of rotatable bonds is 4. The highest BCUT2D eigenvalue weighted by molar-refractivity contribution is 5.91. The van der Waals surface area contributed by atoms with Gasteiger partial charge in [0.2, 0.25) is 5.91 Å². The lowest BCUT2D eigenvalue weighted by molar-refractivity contribution is -0.137. The molecule has 0 bridgehead atoms. The van der Waals surface area contributed by atoms with Gasteiger partial charge in [-0.15, -0.1) is 0 Å². The first-order valence-corrected chi connectivity index (χ1v) is 7.07. The number of nitrogens with one attached hydrogen (secondary N) is 1. The average molecular weight is 319 g/mol. The maximum atomic E-state index is 12.5. The molecule has 0 aliphatic rings. The van der Waals surface area contributed by atoms with Crippen molar-refractivity contribution in [3.8, 4) is 0 Å². The summed E-state index contributed by atoms with van der Waals surface area (Å²) in [5, 5.41) is 2.72. The van der Waals surface area contributed by atoms with Crippen molar-refractivity contribution in [3.63, 3.8) is 0 Å². The molecule has 0 radical (unpaired) electrons. The maximum Gasteiger partial charge on any atom is 0.416 e. The summed E-state index contributed by atoms with van der Waals surface area (Å²) >= 11 is 0. The second-order valence-corrected chi connectivity index (χ2v) is 5.09. The molecule has 0 aliphatic heterocycles. The number of halogens is 3. The summed E-state index contributed by atoms with van der Waals surface area (Å²) in [6.07, 6.45) is -1.28. The van der Waals surface area contributed by atoms with Crippen LogP contribution in [-0.2, 0) is 11.0 Å². The van der Waals surface area contributed by atoms with Crippen molar-refractivity contribution in [2.24, 2.45) is 0 Å². The van der Waals surface area contributed by atoms with E-state index in [0.717, 1.165) is 17.7 Å². The van der Waals surface area contributed by atoms with Gasteiger partial charge in [-0.05, 0) is 36.3 Å². The highest BCUT2D eigenvalue weighted by atomic mass is 19.4. The van der Waals surface area contributed by atoms with Crippen LogP contribution in [0.5, 0.6) is 0 Å². The quantitative estimate of drug-likeness (QED) is 0.820. The summed E-state index contributed by atoms with van der Waals surface area (Å²) in [5.74, 6) is -0.304. The molecule has 1 unspecified atom stereocenters. The van der Waals surface area contributed by atoms with E-state index in [0.29, 0.717) is 5.56 Å². The van der Waals surface area contributed by atoms with Crippen molar-refractivity contribution in [2.45, 2.75) is 19.1 Å². The first-order valence-electron chi connectivity index (χ1n) is 7.07. The van der Waals surface area contributed by atoms with Gasteiger partial charge in [-0.3, -0.25) is 4.79 Å². The third kappa shape index (κ3) is 4.98. The Labute approximate surface area is 132 Å². The third-order valence-corrected chi connectivity index (χ3v) is 3.32. The molecule has 0 fully saturated rings. The van der Waals surface area contributed by atoms with Gasteiger partial charge in [-0.25, -0.2) is 0 Å². The molecule has 0 aromatic heterocycles. The molecular weight excluding hydrogens is 303 g/mol.